The van der Waals surface area contributed by atoms with Crippen LogP contribution in [0, 0.1) is 5.92 Å². The monoisotopic (exact) mass is 261 g/mol. The Hall–Kier alpha value is -1.55. The van der Waals surface area contributed by atoms with Gasteiger partial charge in [0.1, 0.15) is 0 Å². The minimum Gasteiger partial charge on any atom is -0.397 e. The molecule has 1 fully saturated rings. The molecule has 0 radical (unpaired) electrons. The molecule has 19 heavy (non-hydrogen) atoms. The number of para-hydroxylation sites is 2. The van der Waals surface area contributed by atoms with E-state index in [0.29, 0.717) is 17.8 Å². The summed E-state index contributed by atoms with van der Waals surface area (Å²) < 4.78 is 0. The Morgan fingerprint density at radius 1 is 1.42 bits per heavy atom. The molecule has 104 valence electrons. The van der Waals surface area contributed by atoms with Crippen molar-refractivity contribution in [1.29, 1.82) is 0 Å². The number of carbonyl (C=O) groups is 1. The van der Waals surface area contributed by atoms with E-state index in [1.807, 2.05) is 18.2 Å². The average molecular weight is 261 g/mol. The van der Waals surface area contributed by atoms with Gasteiger partial charge in [-0.2, -0.15) is 0 Å². The van der Waals surface area contributed by atoms with Crippen LogP contribution in [0.25, 0.3) is 0 Å². The summed E-state index contributed by atoms with van der Waals surface area (Å²) in [5.41, 5.74) is 7.10. The fourth-order valence-electron chi connectivity index (χ4n) is 2.17. The lowest BCUT2D eigenvalue weighted by Gasteiger charge is -2.15. The standard InChI is InChI=1S/C15H23N3O/c1-18(11-12-8-9-12)10-4-7-15(19)17-14-6-3-2-5-13(14)16/h2-3,5-6,12H,4,7-11,16H2,1H3,(H,17,19). The number of hydrogen-bond acceptors (Lipinski definition) is 3. The fourth-order valence-corrected chi connectivity index (χ4v) is 2.17. The predicted molar refractivity (Wildman–Crippen MR) is 78.9 cm³/mol. The van der Waals surface area contributed by atoms with Crippen LogP contribution in [0.4, 0.5) is 11.4 Å². The Bertz CT molecular complexity index is 429. The van der Waals surface area contributed by atoms with E-state index >= 15 is 0 Å². The van der Waals surface area contributed by atoms with Crippen LogP contribution < -0.4 is 11.1 Å². The van der Waals surface area contributed by atoms with Gasteiger partial charge < -0.3 is 16.0 Å². The molecular formula is C15H23N3O. The SMILES string of the molecule is CN(CCCC(=O)Nc1ccccc1N)CC1CC1. The smallest absolute Gasteiger partial charge is 0.224 e. The third kappa shape index (κ3) is 4.91. The molecule has 0 aliphatic heterocycles. The summed E-state index contributed by atoms with van der Waals surface area (Å²) in [6.45, 7) is 2.15. The molecule has 0 bridgehead atoms. The second-order valence-electron chi connectivity index (χ2n) is 5.44. The van der Waals surface area contributed by atoms with Gasteiger partial charge in [-0.25, -0.2) is 0 Å². The van der Waals surface area contributed by atoms with Gasteiger partial charge in [-0.15, -0.1) is 0 Å². The molecular weight excluding hydrogens is 238 g/mol. The van der Waals surface area contributed by atoms with E-state index in [0.717, 1.165) is 18.9 Å². The molecule has 0 unspecified atom stereocenters. The molecule has 0 aromatic heterocycles. The fraction of sp³-hybridized carbons (Fsp3) is 0.533. The van der Waals surface area contributed by atoms with Crippen LogP contribution in [0.1, 0.15) is 25.7 Å². The molecule has 4 heteroatoms. The number of nitrogens with zero attached hydrogens (tertiary/aromatic N) is 1. The maximum absolute atomic E-state index is 11.8. The van der Waals surface area contributed by atoms with Crippen LogP contribution in [0.3, 0.4) is 0 Å². The van der Waals surface area contributed by atoms with Crippen LogP contribution in [0.15, 0.2) is 24.3 Å². The zero-order valence-corrected chi connectivity index (χ0v) is 11.6. The molecule has 2 rings (SSSR count). The molecule has 4 nitrogen and oxygen atoms in total. The molecule has 0 spiro atoms. The predicted octanol–water partition coefficient (Wildman–Crippen LogP) is 2.33. The van der Waals surface area contributed by atoms with Crippen molar-refractivity contribution in [2.24, 2.45) is 5.92 Å². The second kappa shape index (κ2) is 6.57. The van der Waals surface area contributed by atoms with E-state index in [9.17, 15) is 4.79 Å². The van der Waals surface area contributed by atoms with Gasteiger partial charge in [0.2, 0.25) is 5.91 Å². The zero-order chi connectivity index (χ0) is 13.7. The van der Waals surface area contributed by atoms with Crippen molar-refractivity contribution in [3.8, 4) is 0 Å². The third-order valence-electron chi connectivity index (χ3n) is 3.45. The summed E-state index contributed by atoms with van der Waals surface area (Å²) in [6, 6.07) is 7.35. The van der Waals surface area contributed by atoms with E-state index in [-0.39, 0.29) is 5.91 Å². The summed E-state index contributed by atoms with van der Waals surface area (Å²) in [7, 11) is 2.13. The number of hydrogen-bond donors (Lipinski definition) is 2. The number of anilines is 2. The topological polar surface area (TPSA) is 58.4 Å². The number of rotatable bonds is 7. The molecule has 1 saturated carbocycles. The van der Waals surface area contributed by atoms with Crippen molar-refractivity contribution < 1.29 is 4.79 Å². The second-order valence-corrected chi connectivity index (χ2v) is 5.44. The maximum Gasteiger partial charge on any atom is 0.224 e. The summed E-state index contributed by atoms with van der Waals surface area (Å²) in [5, 5.41) is 2.85. The van der Waals surface area contributed by atoms with E-state index in [2.05, 4.69) is 17.3 Å². The summed E-state index contributed by atoms with van der Waals surface area (Å²) >= 11 is 0. The van der Waals surface area contributed by atoms with Crippen LogP contribution >= 0.6 is 0 Å². The number of nitrogens with one attached hydrogen (secondary N) is 1. The van der Waals surface area contributed by atoms with Crippen molar-refractivity contribution in [1.82, 2.24) is 4.90 Å². The number of nitrogen functional groups attached to an aromatic ring is 1. The average Bonchev–Trinajstić information content (AvgIpc) is 3.16. The molecule has 1 amide bonds. The highest BCUT2D eigenvalue weighted by Gasteiger charge is 2.22. The summed E-state index contributed by atoms with van der Waals surface area (Å²) in [6.07, 6.45) is 4.18. The van der Waals surface area contributed by atoms with Crippen LogP contribution in [-0.4, -0.2) is 30.9 Å². The maximum atomic E-state index is 11.8. The summed E-state index contributed by atoms with van der Waals surface area (Å²) in [4.78, 5) is 14.1. The van der Waals surface area contributed by atoms with Crippen molar-refractivity contribution in [2.75, 3.05) is 31.2 Å². The van der Waals surface area contributed by atoms with Gasteiger partial charge in [0.15, 0.2) is 0 Å². The minimum atomic E-state index is 0.0396. The normalized spacial score (nSPS) is 14.6. The Morgan fingerprint density at radius 3 is 2.84 bits per heavy atom. The quantitative estimate of drug-likeness (QED) is 0.741. The zero-order valence-electron chi connectivity index (χ0n) is 11.6. The number of benzene rings is 1. The van der Waals surface area contributed by atoms with E-state index in [1.165, 1.54) is 19.4 Å². The third-order valence-corrected chi connectivity index (χ3v) is 3.45. The Labute approximate surface area is 115 Å². The van der Waals surface area contributed by atoms with Crippen molar-refractivity contribution in [3.05, 3.63) is 24.3 Å². The molecule has 1 aliphatic rings. The molecule has 0 saturated heterocycles. The van der Waals surface area contributed by atoms with E-state index in [1.54, 1.807) is 6.07 Å². The van der Waals surface area contributed by atoms with Crippen LogP contribution in [-0.2, 0) is 4.79 Å². The number of amides is 1. The Kier molecular flexibility index (Phi) is 4.80. The first-order valence-corrected chi connectivity index (χ1v) is 6.98. The highest BCUT2D eigenvalue weighted by molar-refractivity contribution is 5.93. The van der Waals surface area contributed by atoms with Crippen molar-refractivity contribution >= 4 is 17.3 Å². The van der Waals surface area contributed by atoms with Crippen molar-refractivity contribution in [3.63, 3.8) is 0 Å². The first kappa shape index (κ1) is 13.9. The van der Waals surface area contributed by atoms with Gasteiger partial charge in [-0.1, -0.05) is 12.1 Å². The van der Waals surface area contributed by atoms with Crippen LogP contribution in [0.2, 0.25) is 0 Å². The first-order chi connectivity index (χ1) is 9.15. The van der Waals surface area contributed by atoms with E-state index < -0.39 is 0 Å². The number of carbonyl (C=O) groups excluding carboxylic acids is 1. The molecule has 1 aromatic carbocycles. The Morgan fingerprint density at radius 2 is 2.16 bits per heavy atom. The van der Waals surface area contributed by atoms with Gasteiger partial charge in [-0.05, 0) is 50.9 Å². The van der Waals surface area contributed by atoms with Gasteiger partial charge in [-0.3, -0.25) is 4.79 Å². The minimum absolute atomic E-state index is 0.0396. The van der Waals surface area contributed by atoms with E-state index in [4.69, 9.17) is 5.73 Å². The van der Waals surface area contributed by atoms with Gasteiger partial charge in [0.05, 0.1) is 11.4 Å². The lowest BCUT2D eigenvalue weighted by atomic mass is 10.2. The lowest BCUT2D eigenvalue weighted by Crippen LogP contribution is -2.23. The van der Waals surface area contributed by atoms with Crippen LogP contribution in [0.5, 0.6) is 0 Å². The number of nitrogens with two attached hydrogens (primary N) is 1. The van der Waals surface area contributed by atoms with Gasteiger partial charge in [0.25, 0.3) is 0 Å². The molecule has 3 N–H and O–H groups in total. The highest BCUT2D eigenvalue weighted by Crippen LogP contribution is 2.29. The molecule has 1 aliphatic carbocycles. The largest absolute Gasteiger partial charge is 0.397 e. The van der Waals surface area contributed by atoms with Gasteiger partial charge >= 0.3 is 0 Å². The first-order valence-electron chi connectivity index (χ1n) is 6.98. The molecule has 0 atom stereocenters. The summed E-state index contributed by atoms with van der Waals surface area (Å²) in [5.74, 6) is 0.945. The molecule has 0 heterocycles. The van der Waals surface area contributed by atoms with Crippen molar-refractivity contribution in [2.45, 2.75) is 25.7 Å². The Balaban J connectivity index is 1.65. The van der Waals surface area contributed by atoms with Gasteiger partial charge in [0, 0.05) is 13.0 Å². The highest BCUT2D eigenvalue weighted by atomic mass is 16.1. The molecule has 1 aromatic rings. The lowest BCUT2D eigenvalue weighted by molar-refractivity contribution is -0.116.